The van der Waals surface area contributed by atoms with Crippen molar-refractivity contribution in [2.24, 2.45) is 0 Å². The zero-order valence-electron chi connectivity index (χ0n) is 16.3. The van der Waals surface area contributed by atoms with Gasteiger partial charge in [-0.3, -0.25) is 13.9 Å². The second kappa shape index (κ2) is 7.03. The minimum absolute atomic E-state index is 0.118. The number of fused-ring (bicyclic) bond motifs is 2. The molecule has 3 aromatic heterocycles. The SMILES string of the molecule is COC(=O)CCn1c(=O)n(Cc2cccn3c(C)c(C)cc23)c2ccccc21. The molecule has 0 aliphatic heterocycles. The predicted octanol–water partition coefficient (Wildman–Crippen LogP) is 3.28. The number of para-hydroxylation sites is 2. The van der Waals surface area contributed by atoms with E-state index in [1.165, 1.54) is 18.4 Å². The van der Waals surface area contributed by atoms with Gasteiger partial charge in [-0.1, -0.05) is 18.2 Å². The summed E-state index contributed by atoms with van der Waals surface area (Å²) in [6.45, 7) is 4.96. The van der Waals surface area contributed by atoms with Crippen LogP contribution in [0.25, 0.3) is 16.6 Å². The van der Waals surface area contributed by atoms with Crippen LogP contribution >= 0.6 is 0 Å². The Labute approximate surface area is 162 Å². The van der Waals surface area contributed by atoms with Gasteiger partial charge >= 0.3 is 11.7 Å². The van der Waals surface area contributed by atoms with E-state index in [2.05, 4.69) is 30.4 Å². The largest absolute Gasteiger partial charge is 0.469 e. The van der Waals surface area contributed by atoms with E-state index in [4.69, 9.17) is 4.74 Å². The van der Waals surface area contributed by atoms with E-state index < -0.39 is 0 Å². The molecule has 0 fully saturated rings. The van der Waals surface area contributed by atoms with E-state index >= 15 is 0 Å². The highest BCUT2D eigenvalue weighted by molar-refractivity contribution is 5.77. The maximum atomic E-state index is 13.2. The van der Waals surface area contributed by atoms with Gasteiger partial charge in [-0.15, -0.1) is 0 Å². The third-order valence-corrected chi connectivity index (χ3v) is 5.43. The smallest absolute Gasteiger partial charge is 0.329 e. The van der Waals surface area contributed by atoms with Crippen molar-refractivity contribution in [3.05, 3.63) is 76.0 Å². The average molecular weight is 377 g/mol. The van der Waals surface area contributed by atoms with Crippen LogP contribution in [-0.2, 0) is 22.6 Å². The van der Waals surface area contributed by atoms with Crippen LogP contribution in [0.1, 0.15) is 23.2 Å². The summed E-state index contributed by atoms with van der Waals surface area (Å²) in [6, 6.07) is 13.9. The Bertz CT molecular complexity index is 1240. The highest BCUT2D eigenvalue weighted by Gasteiger charge is 2.16. The van der Waals surface area contributed by atoms with Crippen molar-refractivity contribution in [1.29, 1.82) is 0 Å². The normalized spacial score (nSPS) is 11.4. The molecule has 144 valence electrons. The number of hydrogen-bond donors (Lipinski definition) is 0. The predicted molar refractivity (Wildman–Crippen MR) is 109 cm³/mol. The summed E-state index contributed by atoms with van der Waals surface area (Å²) in [5, 5.41) is 0. The van der Waals surface area contributed by atoms with Gasteiger partial charge in [0.1, 0.15) is 0 Å². The van der Waals surface area contributed by atoms with Gasteiger partial charge in [0.05, 0.1) is 36.6 Å². The van der Waals surface area contributed by atoms with Crippen LogP contribution < -0.4 is 5.69 Å². The number of nitrogens with zero attached hydrogens (tertiary/aromatic N) is 3. The third-order valence-electron chi connectivity index (χ3n) is 5.43. The maximum absolute atomic E-state index is 13.2. The Hall–Kier alpha value is -3.28. The molecule has 0 unspecified atom stereocenters. The van der Waals surface area contributed by atoms with E-state index in [-0.39, 0.29) is 18.1 Å². The Kier molecular flexibility index (Phi) is 4.55. The van der Waals surface area contributed by atoms with Crippen LogP contribution in [0.2, 0.25) is 0 Å². The average Bonchev–Trinajstić information content (AvgIpc) is 3.15. The fourth-order valence-electron chi connectivity index (χ4n) is 3.77. The first-order valence-corrected chi connectivity index (χ1v) is 9.32. The van der Waals surface area contributed by atoms with Crippen molar-refractivity contribution in [2.45, 2.75) is 33.4 Å². The van der Waals surface area contributed by atoms with Gasteiger partial charge in [0.25, 0.3) is 0 Å². The number of carbonyl (C=O) groups is 1. The number of methoxy groups -OCH3 is 1. The Morgan fingerprint density at radius 1 is 1.00 bits per heavy atom. The maximum Gasteiger partial charge on any atom is 0.329 e. The van der Waals surface area contributed by atoms with Gasteiger partial charge in [-0.25, -0.2) is 4.79 Å². The molecule has 0 aliphatic rings. The van der Waals surface area contributed by atoms with Gasteiger partial charge in [-0.2, -0.15) is 0 Å². The summed E-state index contributed by atoms with van der Waals surface area (Å²) in [5.41, 5.74) is 6.18. The van der Waals surface area contributed by atoms with Crippen molar-refractivity contribution in [2.75, 3.05) is 7.11 Å². The van der Waals surface area contributed by atoms with Crippen LogP contribution in [0.5, 0.6) is 0 Å². The number of carbonyl (C=O) groups excluding carboxylic acids is 1. The lowest BCUT2D eigenvalue weighted by molar-refractivity contribution is -0.140. The van der Waals surface area contributed by atoms with E-state index in [1.54, 1.807) is 9.13 Å². The molecule has 1 aromatic carbocycles. The van der Waals surface area contributed by atoms with Crippen molar-refractivity contribution >= 4 is 22.5 Å². The summed E-state index contributed by atoms with van der Waals surface area (Å²) in [7, 11) is 1.36. The molecule has 4 aromatic rings. The van der Waals surface area contributed by atoms with Crippen LogP contribution in [0.15, 0.2) is 53.5 Å². The Morgan fingerprint density at radius 3 is 2.43 bits per heavy atom. The molecule has 0 saturated heterocycles. The van der Waals surface area contributed by atoms with Crippen molar-refractivity contribution in [3.8, 4) is 0 Å². The molecule has 0 bridgehead atoms. The van der Waals surface area contributed by atoms with E-state index in [1.807, 2.05) is 36.5 Å². The van der Waals surface area contributed by atoms with Gasteiger partial charge in [0.2, 0.25) is 0 Å². The number of imidazole rings is 1. The molecule has 0 atom stereocenters. The molecule has 0 spiro atoms. The molecule has 0 radical (unpaired) electrons. The molecule has 0 amide bonds. The summed E-state index contributed by atoms with van der Waals surface area (Å²) in [6.07, 6.45) is 2.21. The minimum Gasteiger partial charge on any atom is -0.469 e. The molecule has 4 rings (SSSR count). The molecule has 6 nitrogen and oxygen atoms in total. The first-order chi connectivity index (χ1) is 13.5. The highest BCUT2D eigenvalue weighted by Crippen LogP contribution is 2.21. The van der Waals surface area contributed by atoms with Crippen LogP contribution in [-0.4, -0.2) is 26.6 Å². The van der Waals surface area contributed by atoms with Crippen LogP contribution in [0.4, 0.5) is 0 Å². The number of benzene rings is 1. The fourth-order valence-corrected chi connectivity index (χ4v) is 3.77. The molecule has 0 N–H and O–H groups in total. The molecule has 0 aliphatic carbocycles. The van der Waals surface area contributed by atoms with Crippen LogP contribution in [0, 0.1) is 13.8 Å². The van der Waals surface area contributed by atoms with Gasteiger partial charge in [0, 0.05) is 18.4 Å². The summed E-state index contributed by atoms with van der Waals surface area (Å²) in [4.78, 5) is 24.7. The van der Waals surface area contributed by atoms with Crippen molar-refractivity contribution < 1.29 is 9.53 Å². The number of pyridine rings is 1. The fraction of sp³-hybridized carbons (Fsp3) is 0.273. The van der Waals surface area contributed by atoms with E-state index in [0.29, 0.717) is 13.1 Å². The lowest BCUT2D eigenvalue weighted by atomic mass is 10.2. The third kappa shape index (κ3) is 2.91. The van der Waals surface area contributed by atoms with Crippen molar-refractivity contribution in [3.63, 3.8) is 0 Å². The number of ether oxygens (including phenoxy) is 1. The monoisotopic (exact) mass is 377 g/mol. The Balaban J connectivity index is 1.82. The number of esters is 1. The second-order valence-electron chi connectivity index (χ2n) is 7.04. The lowest BCUT2D eigenvalue weighted by Crippen LogP contribution is -2.26. The first kappa shape index (κ1) is 18.1. The second-order valence-corrected chi connectivity index (χ2v) is 7.04. The topological polar surface area (TPSA) is 57.6 Å². The minimum atomic E-state index is -0.326. The number of hydrogen-bond acceptors (Lipinski definition) is 3. The molecule has 6 heteroatoms. The number of rotatable bonds is 5. The first-order valence-electron chi connectivity index (χ1n) is 9.32. The molecular weight excluding hydrogens is 354 g/mol. The lowest BCUT2D eigenvalue weighted by Gasteiger charge is -2.07. The summed E-state index contributed by atoms with van der Waals surface area (Å²) >= 11 is 0. The quantitative estimate of drug-likeness (QED) is 0.502. The van der Waals surface area contributed by atoms with E-state index in [0.717, 1.165) is 22.1 Å². The van der Waals surface area contributed by atoms with Crippen LogP contribution in [0.3, 0.4) is 0 Å². The number of aryl methyl sites for hydroxylation is 3. The zero-order chi connectivity index (χ0) is 19.8. The standard InChI is InChI=1S/C22H23N3O3/c1-15-13-20-17(7-6-11-23(20)16(15)2)14-25-19-9-5-4-8-18(19)24(22(25)27)12-10-21(26)28-3/h4-9,11,13H,10,12,14H2,1-3H3. The highest BCUT2D eigenvalue weighted by atomic mass is 16.5. The van der Waals surface area contributed by atoms with Gasteiger partial charge < -0.3 is 9.14 Å². The number of aromatic nitrogens is 3. The summed E-state index contributed by atoms with van der Waals surface area (Å²) < 4.78 is 10.3. The molecule has 0 saturated carbocycles. The zero-order valence-corrected chi connectivity index (χ0v) is 16.3. The van der Waals surface area contributed by atoms with Gasteiger partial charge in [0.15, 0.2) is 0 Å². The van der Waals surface area contributed by atoms with Gasteiger partial charge in [-0.05, 0) is 49.2 Å². The molecule has 3 heterocycles. The summed E-state index contributed by atoms with van der Waals surface area (Å²) in [5.74, 6) is -0.326. The van der Waals surface area contributed by atoms with E-state index in [9.17, 15) is 9.59 Å². The molecule has 28 heavy (non-hydrogen) atoms. The Morgan fingerprint density at radius 2 is 1.71 bits per heavy atom. The molecular formula is C22H23N3O3. The van der Waals surface area contributed by atoms with Crippen molar-refractivity contribution in [1.82, 2.24) is 13.5 Å².